The summed E-state index contributed by atoms with van der Waals surface area (Å²) in [4.78, 5) is 16.6. The molecule has 36 heavy (non-hydrogen) atoms. The first-order chi connectivity index (χ1) is 17.4. The van der Waals surface area contributed by atoms with E-state index in [9.17, 15) is 9.00 Å². The molecule has 184 valence electrons. The molecule has 6 N–H and O–H groups in total. The molecular weight excluding hydrogens is 522 g/mol. The number of thiophene rings is 1. The summed E-state index contributed by atoms with van der Waals surface area (Å²) in [5, 5.41) is 11.6. The summed E-state index contributed by atoms with van der Waals surface area (Å²) in [6, 6.07) is 13.9. The van der Waals surface area contributed by atoms with E-state index >= 15 is 0 Å². The fraction of sp³-hybridized carbons (Fsp3) is 0.0833. The molecule has 9 nitrogen and oxygen atoms in total. The summed E-state index contributed by atoms with van der Waals surface area (Å²) in [6.45, 7) is 0.171. The minimum absolute atomic E-state index is 0.0938. The van der Waals surface area contributed by atoms with Crippen LogP contribution in [0.15, 0.2) is 60.1 Å². The van der Waals surface area contributed by atoms with Crippen molar-refractivity contribution in [1.82, 2.24) is 10.3 Å². The monoisotopic (exact) mass is 541 g/mol. The lowest BCUT2D eigenvalue weighted by Crippen LogP contribution is -2.19. The van der Waals surface area contributed by atoms with Gasteiger partial charge in [0, 0.05) is 33.5 Å². The Bertz CT molecular complexity index is 1480. The van der Waals surface area contributed by atoms with Gasteiger partial charge in [-0.25, -0.2) is 9.78 Å². The molecule has 0 fully saturated rings. The number of pyridine rings is 1. The van der Waals surface area contributed by atoms with Crippen molar-refractivity contribution in [3.63, 3.8) is 0 Å². The molecular formula is C24H20ClN5O4S2. The molecule has 2 aromatic carbocycles. The number of halogens is 1. The maximum absolute atomic E-state index is 12.3. The summed E-state index contributed by atoms with van der Waals surface area (Å²) >= 11 is 5.14. The smallest absolute Gasteiger partial charge is 0.323 e. The Morgan fingerprint density at radius 1 is 1.19 bits per heavy atom. The second-order valence-corrected chi connectivity index (χ2v) is 9.27. The van der Waals surface area contributed by atoms with E-state index in [0.29, 0.717) is 22.2 Å². The highest BCUT2D eigenvalue weighted by molar-refractivity contribution is 7.74. The van der Waals surface area contributed by atoms with E-state index in [4.69, 9.17) is 21.9 Å². The number of anilines is 3. The van der Waals surface area contributed by atoms with E-state index in [1.54, 1.807) is 42.6 Å². The van der Waals surface area contributed by atoms with Crippen molar-refractivity contribution in [2.45, 2.75) is 0 Å². The van der Waals surface area contributed by atoms with Gasteiger partial charge in [0.15, 0.2) is 0 Å². The van der Waals surface area contributed by atoms with Gasteiger partial charge in [-0.3, -0.25) is 14.1 Å². The Kier molecular flexibility index (Phi) is 8.50. The zero-order chi connectivity index (χ0) is 25.5. The lowest BCUT2D eigenvalue weighted by atomic mass is 10.0. The van der Waals surface area contributed by atoms with Gasteiger partial charge in [0.25, 0.3) is 0 Å². The van der Waals surface area contributed by atoms with Gasteiger partial charge in [-0.05, 0) is 41.3 Å². The summed E-state index contributed by atoms with van der Waals surface area (Å²) in [5.41, 5.74) is 9.96. The molecule has 0 radical (unpaired) electrons. The Morgan fingerprint density at radius 2 is 1.97 bits per heavy atom. The molecule has 4 rings (SSSR count). The Labute approximate surface area is 218 Å². The van der Waals surface area contributed by atoms with Crippen molar-refractivity contribution < 1.29 is 17.7 Å². The Hall–Kier alpha value is -3.50. The van der Waals surface area contributed by atoms with Crippen LogP contribution < -0.4 is 21.7 Å². The van der Waals surface area contributed by atoms with Gasteiger partial charge in [-0.15, -0.1) is 11.3 Å². The number of rotatable bonds is 7. The number of benzene rings is 2. The molecule has 12 heteroatoms. The third kappa shape index (κ3) is 6.58. The summed E-state index contributed by atoms with van der Waals surface area (Å²) in [7, 11) is 0. The fourth-order valence-corrected chi connectivity index (χ4v) is 4.73. The van der Waals surface area contributed by atoms with Crippen LogP contribution in [-0.2, 0) is 15.5 Å². The van der Waals surface area contributed by atoms with Crippen LogP contribution in [-0.4, -0.2) is 33.1 Å². The lowest BCUT2D eigenvalue weighted by Gasteiger charge is -2.09. The number of amides is 2. The van der Waals surface area contributed by atoms with Crippen molar-refractivity contribution in [2.75, 3.05) is 29.6 Å². The standard InChI is InChI=1S/C24H20ClN5O4S2/c25-17-4-1-5-19(11-17)30-24(31)29-18-8-6-15(7-9-18)20-13-35-22-16(12-28-23(26)21(20)22)3-2-10-27-14-34-36(32)33/h1,4-9,11-13,27H,10,14H2,(H2,26,28)(H,32,33)(H2,29,30,31). The van der Waals surface area contributed by atoms with E-state index in [1.165, 1.54) is 11.3 Å². The average molecular weight is 542 g/mol. The van der Waals surface area contributed by atoms with Crippen LogP contribution in [0.5, 0.6) is 0 Å². The molecule has 0 bridgehead atoms. The lowest BCUT2D eigenvalue weighted by molar-refractivity contribution is 0.262. The van der Waals surface area contributed by atoms with E-state index in [1.807, 2.05) is 17.5 Å². The van der Waals surface area contributed by atoms with E-state index < -0.39 is 11.4 Å². The maximum Gasteiger partial charge on any atom is 0.323 e. The summed E-state index contributed by atoms with van der Waals surface area (Å²) in [6.07, 6.45) is 1.62. The average Bonchev–Trinajstić information content (AvgIpc) is 3.29. The van der Waals surface area contributed by atoms with Gasteiger partial charge in [-0.2, -0.15) is 4.21 Å². The number of fused-ring (bicyclic) bond motifs is 1. The normalized spacial score (nSPS) is 11.5. The second-order valence-electron chi connectivity index (χ2n) is 7.29. The minimum atomic E-state index is -2.32. The highest BCUT2D eigenvalue weighted by Gasteiger charge is 2.13. The number of hydrogen-bond acceptors (Lipinski definition) is 7. The molecule has 0 aliphatic heterocycles. The van der Waals surface area contributed by atoms with Crippen molar-refractivity contribution in [3.05, 3.63) is 70.7 Å². The molecule has 0 saturated heterocycles. The van der Waals surface area contributed by atoms with Gasteiger partial charge in [0.1, 0.15) is 12.5 Å². The van der Waals surface area contributed by atoms with E-state index in [-0.39, 0.29) is 19.3 Å². The summed E-state index contributed by atoms with van der Waals surface area (Å²) < 4.78 is 24.4. The van der Waals surface area contributed by atoms with Gasteiger partial charge in [0.05, 0.1) is 16.8 Å². The molecule has 1 atom stereocenters. The first kappa shape index (κ1) is 25.6. The third-order valence-corrected chi connectivity index (χ3v) is 6.43. The zero-order valence-electron chi connectivity index (χ0n) is 18.6. The van der Waals surface area contributed by atoms with Crippen LogP contribution >= 0.6 is 22.9 Å². The van der Waals surface area contributed by atoms with Gasteiger partial charge < -0.3 is 16.4 Å². The van der Waals surface area contributed by atoms with E-state index in [0.717, 1.165) is 26.8 Å². The number of nitrogens with one attached hydrogen (secondary N) is 3. The summed E-state index contributed by atoms with van der Waals surface area (Å²) in [5.74, 6) is 6.37. The predicted molar refractivity (Wildman–Crippen MR) is 145 cm³/mol. The number of nitrogen functional groups attached to an aromatic ring is 1. The van der Waals surface area contributed by atoms with E-state index in [2.05, 4.69) is 37.0 Å². The van der Waals surface area contributed by atoms with Crippen molar-refractivity contribution >= 4 is 67.6 Å². The number of aromatic nitrogens is 1. The Balaban J connectivity index is 1.47. The maximum atomic E-state index is 12.3. The molecule has 0 spiro atoms. The predicted octanol–water partition coefficient (Wildman–Crippen LogP) is 4.89. The number of carbonyl (C=O) groups excluding carboxylic acids is 1. The second kappa shape index (κ2) is 12.0. The zero-order valence-corrected chi connectivity index (χ0v) is 21.0. The number of hydrogen-bond donors (Lipinski definition) is 5. The van der Waals surface area contributed by atoms with Crippen molar-refractivity contribution in [2.24, 2.45) is 0 Å². The van der Waals surface area contributed by atoms with Crippen LogP contribution in [0.25, 0.3) is 21.2 Å². The molecule has 2 amide bonds. The topological polar surface area (TPSA) is 139 Å². The molecule has 0 saturated carbocycles. The van der Waals surface area contributed by atoms with Gasteiger partial charge >= 0.3 is 17.4 Å². The van der Waals surface area contributed by atoms with Crippen LogP contribution in [0.3, 0.4) is 0 Å². The molecule has 2 aromatic heterocycles. The van der Waals surface area contributed by atoms with Crippen LogP contribution in [0.4, 0.5) is 22.0 Å². The third-order valence-electron chi connectivity index (χ3n) is 4.86. The molecule has 2 heterocycles. The molecule has 1 unspecified atom stereocenters. The van der Waals surface area contributed by atoms with Gasteiger partial charge in [-0.1, -0.05) is 41.6 Å². The Morgan fingerprint density at radius 3 is 2.72 bits per heavy atom. The number of nitrogens with zero attached hydrogens (tertiary/aromatic N) is 1. The number of urea groups is 1. The van der Waals surface area contributed by atoms with Crippen molar-refractivity contribution in [1.29, 1.82) is 0 Å². The molecule has 0 aliphatic carbocycles. The molecule has 4 aromatic rings. The van der Waals surface area contributed by atoms with Crippen LogP contribution in [0.2, 0.25) is 5.02 Å². The quantitative estimate of drug-likeness (QED) is 0.0970. The van der Waals surface area contributed by atoms with Crippen LogP contribution in [0, 0.1) is 11.8 Å². The minimum Gasteiger partial charge on any atom is -0.383 e. The number of nitrogens with two attached hydrogens (primary N) is 1. The number of carbonyl (C=O) groups is 1. The van der Waals surface area contributed by atoms with Crippen LogP contribution in [0.1, 0.15) is 5.56 Å². The largest absolute Gasteiger partial charge is 0.383 e. The molecule has 0 aliphatic rings. The highest BCUT2D eigenvalue weighted by atomic mass is 35.5. The van der Waals surface area contributed by atoms with Gasteiger partial charge in [0.2, 0.25) is 0 Å². The highest BCUT2D eigenvalue weighted by Crippen LogP contribution is 2.38. The fourth-order valence-electron chi connectivity index (χ4n) is 3.31. The SMILES string of the molecule is Nc1ncc(C#CCNCOS(=O)O)c2scc(-c3ccc(NC(=O)Nc4cccc(Cl)c4)cc3)c12. The first-order valence-electron chi connectivity index (χ1n) is 10.4. The van der Waals surface area contributed by atoms with Crippen molar-refractivity contribution in [3.8, 4) is 23.0 Å². The first-order valence-corrected chi connectivity index (χ1v) is 12.7.